The van der Waals surface area contributed by atoms with E-state index in [2.05, 4.69) is 29.9 Å². The zero-order chi connectivity index (χ0) is 27.1. The normalized spacial score (nSPS) is 17.7. The molecule has 39 heavy (non-hydrogen) atoms. The van der Waals surface area contributed by atoms with Crippen molar-refractivity contribution in [1.82, 2.24) is 34.3 Å². The van der Waals surface area contributed by atoms with Gasteiger partial charge >= 0.3 is 0 Å². The first-order chi connectivity index (χ1) is 18.8. The van der Waals surface area contributed by atoms with Crippen LogP contribution in [0.2, 0.25) is 0 Å². The van der Waals surface area contributed by atoms with Gasteiger partial charge in [0, 0.05) is 43.9 Å². The third-order valence-corrected chi connectivity index (χ3v) is 7.20. The molecule has 0 amide bonds. The van der Waals surface area contributed by atoms with Crippen molar-refractivity contribution in [3.63, 3.8) is 0 Å². The first kappa shape index (κ1) is 24.9. The molecule has 0 radical (unpaired) electrons. The summed E-state index contributed by atoms with van der Waals surface area (Å²) < 4.78 is 31.3. The van der Waals surface area contributed by atoms with Crippen molar-refractivity contribution >= 4 is 22.7 Å². The number of nitrogens with zero attached hydrogens (tertiary/aromatic N) is 8. The van der Waals surface area contributed by atoms with E-state index in [1.807, 2.05) is 29.9 Å². The summed E-state index contributed by atoms with van der Waals surface area (Å²) in [6, 6.07) is 7.66. The summed E-state index contributed by atoms with van der Waals surface area (Å²) in [4.78, 5) is 19.7. The molecule has 12 heteroatoms. The third kappa shape index (κ3) is 4.90. The average molecular weight is 531 g/mol. The van der Waals surface area contributed by atoms with Gasteiger partial charge in [-0.25, -0.2) is 23.7 Å². The number of nitrogens with two attached hydrogens (primary N) is 2. The van der Waals surface area contributed by atoms with Crippen molar-refractivity contribution in [2.75, 3.05) is 23.7 Å². The number of piperidine rings is 1. The quantitative estimate of drug-likeness (QED) is 0.343. The number of anilines is 2. The SMILES string of the molecule is Cn1ccc(C[C@@]2(N)CCCN(c3cnc(-c4ccc(F)c(F)c4)cc3Cn3cnc4c(N)ncnc43)C2)n1. The van der Waals surface area contributed by atoms with Gasteiger partial charge in [-0.05, 0) is 48.7 Å². The van der Waals surface area contributed by atoms with Crippen LogP contribution in [0.3, 0.4) is 0 Å². The molecule has 6 rings (SSSR count). The highest BCUT2D eigenvalue weighted by atomic mass is 19.2. The van der Waals surface area contributed by atoms with Gasteiger partial charge < -0.3 is 20.9 Å². The van der Waals surface area contributed by atoms with E-state index in [0.717, 1.165) is 48.5 Å². The number of hydrogen-bond donors (Lipinski definition) is 2. The molecule has 0 aliphatic carbocycles. The highest BCUT2D eigenvalue weighted by Crippen LogP contribution is 2.32. The maximum absolute atomic E-state index is 14.0. The Morgan fingerprint density at radius 3 is 2.72 bits per heavy atom. The van der Waals surface area contributed by atoms with Crippen LogP contribution in [0.25, 0.3) is 22.4 Å². The van der Waals surface area contributed by atoms with Crippen LogP contribution in [-0.2, 0) is 20.0 Å². The predicted octanol–water partition coefficient (Wildman–Crippen LogP) is 3.07. The first-order valence-corrected chi connectivity index (χ1v) is 12.7. The second-order valence-electron chi connectivity index (χ2n) is 10.2. The van der Waals surface area contributed by atoms with Crippen molar-refractivity contribution in [3.05, 3.63) is 78.3 Å². The summed E-state index contributed by atoms with van der Waals surface area (Å²) in [6.07, 6.45) is 9.21. The minimum absolute atomic E-state index is 0.301. The maximum Gasteiger partial charge on any atom is 0.165 e. The van der Waals surface area contributed by atoms with E-state index < -0.39 is 17.2 Å². The number of nitrogen functional groups attached to an aromatic ring is 1. The molecule has 1 saturated heterocycles. The van der Waals surface area contributed by atoms with Crippen molar-refractivity contribution in [1.29, 1.82) is 0 Å². The van der Waals surface area contributed by atoms with E-state index in [-0.39, 0.29) is 0 Å². The number of imidazole rings is 1. The Hall–Kier alpha value is -4.45. The predicted molar refractivity (Wildman–Crippen MR) is 144 cm³/mol. The number of aromatic nitrogens is 7. The van der Waals surface area contributed by atoms with Crippen LogP contribution in [0, 0.1) is 11.6 Å². The standard InChI is InChI=1S/C27H28F2N10/c1-37-8-5-19(36-37)11-27(31)6-2-7-38(14-27)23-12-32-22(17-3-4-20(28)21(29)9-17)10-18(23)13-39-16-35-24-25(30)33-15-34-26(24)39/h3-5,8-10,12,15-16H,2,6-7,11,13-14,31H2,1H3,(H2,30,33,34)/t27-/m0/s1. The summed E-state index contributed by atoms with van der Waals surface area (Å²) in [5, 5.41) is 4.53. The fourth-order valence-electron chi connectivity index (χ4n) is 5.34. The van der Waals surface area contributed by atoms with Crippen LogP contribution in [0.15, 0.2) is 55.4 Å². The Labute approximate surface area is 223 Å². The summed E-state index contributed by atoms with van der Waals surface area (Å²) in [7, 11) is 1.89. The van der Waals surface area contributed by atoms with Gasteiger partial charge in [-0.15, -0.1) is 0 Å². The Morgan fingerprint density at radius 2 is 1.92 bits per heavy atom. The van der Waals surface area contributed by atoms with E-state index in [0.29, 0.717) is 47.7 Å². The molecule has 1 fully saturated rings. The van der Waals surface area contributed by atoms with E-state index in [4.69, 9.17) is 11.5 Å². The number of aryl methyl sites for hydroxylation is 1. The van der Waals surface area contributed by atoms with Gasteiger partial charge in [0.1, 0.15) is 11.8 Å². The van der Waals surface area contributed by atoms with Gasteiger partial charge in [0.25, 0.3) is 0 Å². The lowest BCUT2D eigenvalue weighted by molar-refractivity contribution is 0.338. The van der Waals surface area contributed by atoms with Crippen molar-refractivity contribution < 1.29 is 8.78 Å². The molecule has 5 heterocycles. The molecule has 0 saturated carbocycles. The van der Waals surface area contributed by atoms with E-state index in [9.17, 15) is 8.78 Å². The van der Waals surface area contributed by atoms with Crippen LogP contribution in [-0.4, -0.2) is 52.9 Å². The smallest absolute Gasteiger partial charge is 0.165 e. The Bertz CT molecular complexity index is 1660. The number of rotatable bonds is 6. The number of fused-ring (bicyclic) bond motifs is 1. The van der Waals surface area contributed by atoms with Crippen LogP contribution in [0.4, 0.5) is 20.3 Å². The minimum atomic E-state index is -0.925. The van der Waals surface area contributed by atoms with Crippen LogP contribution >= 0.6 is 0 Å². The summed E-state index contributed by atoms with van der Waals surface area (Å²) in [5.74, 6) is -1.53. The van der Waals surface area contributed by atoms with E-state index in [1.54, 1.807) is 17.2 Å². The molecule has 5 aromatic rings. The molecule has 1 atom stereocenters. The number of benzene rings is 1. The number of hydrogen-bond acceptors (Lipinski definition) is 8. The second-order valence-corrected chi connectivity index (χ2v) is 10.2. The molecular weight excluding hydrogens is 502 g/mol. The van der Waals surface area contributed by atoms with Gasteiger partial charge in [0.2, 0.25) is 0 Å². The van der Waals surface area contributed by atoms with Crippen LogP contribution in [0.1, 0.15) is 24.1 Å². The van der Waals surface area contributed by atoms with Crippen LogP contribution < -0.4 is 16.4 Å². The molecule has 200 valence electrons. The Kier molecular flexibility index (Phi) is 6.18. The average Bonchev–Trinajstić information content (AvgIpc) is 3.51. The lowest BCUT2D eigenvalue weighted by Gasteiger charge is -2.42. The number of halogens is 2. The first-order valence-electron chi connectivity index (χ1n) is 12.7. The summed E-state index contributed by atoms with van der Waals surface area (Å²) in [5.41, 5.74) is 17.3. The molecule has 0 bridgehead atoms. The zero-order valence-electron chi connectivity index (χ0n) is 21.4. The molecule has 4 aromatic heterocycles. The number of pyridine rings is 1. The summed E-state index contributed by atoms with van der Waals surface area (Å²) >= 11 is 0. The van der Waals surface area contributed by atoms with Crippen molar-refractivity contribution in [2.45, 2.75) is 31.3 Å². The molecule has 1 aliphatic heterocycles. The van der Waals surface area contributed by atoms with Gasteiger partial charge in [-0.1, -0.05) is 0 Å². The third-order valence-electron chi connectivity index (χ3n) is 7.20. The second kappa shape index (κ2) is 9.70. The van der Waals surface area contributed by atoms with E-state index in [1.165, 1.54) is 12.4 Å². The topological polar surface area (TPSA) is 130 Å². The van der Waals surface area contributed by atoms with Crippen LogP contribution in [0.5, 0.6) is 0 Å². The highest BCUT2D eigenvalue weighted by Gasteiger charge is 2.33. The maximum atomic E-state index is 14.0. The molecule has 4 N–H and O–H groups in total. The molecule has 0 unspecified atom stereocenters. The lowest BCUT2D eigenvalue weighted by Crippen LogP contribution is -2.56. The highest BCUT2D eigenvalue weighted by molar-refractivity contribution is 5.81. The molecular formula is C27H28F2N10. The van der Waals surface area contributed by atoms with Crippen molar-refractivity contribution in [2.24, 2.45) is 12.8 Å². The molecule has 1 aromatic carbocycles. The zero-order valence-corrected chi connectivity index (χ0v) is 21.4. The van der Waals surface area contributed by atoms with Crippen molar-refractivity contribution in [3.8, 4) is 11.3 Å². The molecule has 10 nitrogen and oxygen atoms in total. The largest absolute Gasteiger partial charge is 0.382 e. The minimum Gasteiger partial charge on any atom is -0.382 e. The Morgan fingerprint density at radius 1 is 1.05 bits per heavy atom. The lowest BCUT2D eigenvalue weighted by atomic mass is 9.85. The molecule has 0 spiro atoms. The van der Waals surface area contributed by atoms with Gasteiger partial charge in [-0.2, -0.15) is 5.10 Å². The molecule has 1 aliphatic rings. The Balaban J connectivity index is 1.38. The van der Waals surface area contributed by atoms with Gasteiger partial charge in [0.15, 0.2) is 23.1 Å². The fraction of sp³-hybridized carbons (Fsp3) is 0.296. The fourth-order valence-corrected chi connectivity index (χ4v) is 5.34. The van der Waals surface area contributed by atoms with Gasteiger partial charge in [0.05, 0.1) is 36.1 Å². The van der Waals surface area contributed by atoms with E-state index >= 15 is 0 Å². The van der Waals surface area contributed by atoms with Gasteiger partial charge in [-0.3, -0.25) is 9.67 Å². The summed E-state index contributed by atoms with van der Waals surface area (Å²) in [6.45, 7) is 1.82. The monoisotopic (exact) mass is 530 g/mol.